The number of fused-ring (bicyclic) bond motifs is 4. The smallest absolute Gasteiger partial charge is 0.124 e. The molecule has 1 N–H and O–H groups in total. The van der Waals surface area contributed by atoms with E-state index in [4.69, 9.17) is 4.98 Å². The van der Waals surface area contributed by atoms with Gasteiger partial charge in [0.05, 0.1) is 10.2 Å². The molecule has 4 aromatic carbocycles. The van der Waals surface area contributed by atoms with Crippen molar-refractivity contribution in [3.63, 3.8) is 0 Å². The Labute approximate surface area is 186 Å². The van der Waals surface area contributed by atoms with Crippen LogP contribution < -0.4 is 5.32 Å². The van der Waals surface area contributed by atoms with Crippen molar-refractivity contribution in [2.75, 3.05) is 5.32 Å². The van der Waals surface area contributed by atoms with E-state index in [1.807, 2.05) is 6.07 Å². The molecule has 1 heterocycles. The lowest BCUT2D eigenvalue weighted by molar-refractivity contribution is 0.660. The van der Waals surface area contributed by atoms with Gasteiger partial charge in [-0.2, -0.15) is 0 Å². The number of hydrogen-bond acceptors (Lipinski definition) is 3. The zero-order valence-electron chi connectivity index (χ0n) is 17.5. The number of benzene rings is 4. The summed E-state index contributed by atoms with van der Waals surface area (Å²) < 4.78 is 1.22. The molecular weight excluding hydrogens is 396 g/mol. The molecule has 3 heteroatoms. The van der Waals surface area contributed by atoms with E-state index in [2.05, 4.69) is 104 Å². The molecule has 2 nitrogen and oxygen atoms in total. The van der Waals surface area contributed by atoms with Gasteiger partial charge in [0.2, 0.25) is 0 Å². The van der Waals surface area contributed by atoms with Crippen molar-refractivity contribution in [2.24, 2.45) is 0 Å². The van der Waals surface area contributed by atoms with E-state index in [-0.39, 0.29) is 5.41 Å². The van der Waals surface area contributed by atoms with Crippen molar-refractivity contribution in [3.8, 4) is 21.7 Å². The summed E-state index contributed by atoms with van der Waals surface area (Å²) in [5.74, 6) is 0. The summed E-state index contributed by atoms with van der Waals surface area (Å²) in [4.78, 5) is 4.77. The van der Waals surface area contributed by atoms with Gasteiger partial charge in [0, 0.05) is 22.4 Å². The fourth-order valence-corrected chi connectivity index (χ4v) is 5.63. The Hall–Kier alpha value is -3.43. The minimum atomic E-state index is 0.0450. The van der Waals surface area contributed by atoms with Crippen LogP contribution in [0.5, 0.6) is 0 Å². The van der Waals surface area contributed by atoms with Crippen LogP contribution in [-0.2, 0) is 5.41 Å². The van der Waals surface area contributed by atoms with Gasteiger partial charge in [-0.15, -0.1) is 11.3 Å². The molecule has 0 fully saturated rings. The maximum atomic E-state index is 4.77. The second-order valence-corrected chi connectivity index (χ2v) is 9.65. The van der Waals surface area contributed by atoms with Crippen LogP contribution in [0.1, 0.15) is 25.0 Å². The molecule has 0 aliphatic heterocycles. The summed E-state index contributed by atoms with van der Waals surface area (Å²) in [6.07, 6.45) is 0. The van der Waals surface area contributed by atoms with Crippen molar-refractivity contribution in [2.45, 2.75) is 19.3 Å². The number of para-hydroxylation sites is 1. The highest BCUT2D eigenvalue weighted by atomic mass is 32.1. The number of thiazole rings is 1. The number of rotatable bonds is 3. The summed E-state index contributed by atoms with van der Waals surface area (Å²) in [7, 11) is 0. The lowest BCUT2D eigenvalue weighted by atomic mass is 9.82. The molecule has 5 aromatic rings. The van der Waals surface area contributed by atoms with Crippen LogP contribution in [0.3, 0.4) is 0 Å². The standard InChI is InChI=1S/C28H22N2S/c1-28(2)23-8-4-3-7-21(23)22-17-20(15-16-24(22)28)29-19-13-11-18(12-14-19)27-30-25-9-5-6-10-26(25)31-27/h3-17,29H,1-2H3. The topological polar surface area (TPSA) is 24.9 Å². The van der Waals surface area contributed by atoms with Gasteiger partial charge in [0.15, 0.2) is 0 Å². The van der Waals surface area contributed by atoms with Crippen molar-refractivity contribution in [1.82, 2.24) is 4.98 Å². The summed E-state index contributed by atoms with van der Waals surface area (Å²) in [5.41, 5.74) is 9.92. The molecule has 6 rings (SSSR count). The van der Waals surface area contributed by atoms with Gasteiger partial charge >= 0.3 is 0 Å². The first-order chi connectivity index (χ1) is 15.1. The molecule has 0 spiro atoms. The number of aromatic nitrogens is 1. The predicted molar refractivity (Wildman–Crippen MR) is 132 cm³/mol. The second kappa shape index (κ2) is 6.79. The molecule has 0 saturated carbocycles. The molecule has 0 saturated heterocycles. The lowest BCUT2D eigenvalue weighted by Gasteiger charge is -2.21. The fraction of sp³-hybridized carbons (Fsp3) is 0.107. The first kappa shape index (κ1) is 18.3. The van der Waals surface area contributed by atoms with Gasteiger partial charge in [-0.05, 0) is 70.8 Å². The largest absolute Gasteiger partial charge is 0.356 e. The summed E-state index contributed by atoms with van der Waals surface area (Å²) >= 11 is 1.74. The summed E-state index contributed by atoms with van der Waals surface area (Å²) in [5, 5.41) is 4.64. The van der Waals surface area contributed by atoms with Gasteiger partial charge in [0.25, 0.3) is 0 Å². The third-order valence-electron chi connectivity index (χ3n) is 6.30. The van der Waals surface area contributed by atoms with E-state index in [0.717, 1.165) is 27.5 Å². The van der Waals surface area contributed by atoms with Crippen LogP contribution in [0.15, 0.2) is 91.0 Å². The minimum absolute atomic E-state index is 0.0450. The van der Waals surface area contributed by atoms with Crippen LogP contribution in [-0.4, -0.2) is 4.98 Å². The molecular formula is C28H22N2S. The third kappa shape index (κ3) is 2.96. The minimum Gasteiger partial charge on any atom is -0.356 e. The highest BCUT2D eigenvalue weighted by Crippen LogP contribution is 2.49. The van der Waals surface area contributed by atoms with Crippen LogP contribution >= 0.6 is 11.3 Å². The third-order valence-corrected chi connectivity index (χ3v) is 7.38. The van der Waals surface area contributed by atoms with E-state index in [9.17, 15) is 0 Å². The van der Waals surface area contributed by atoms with Crippen LogP contribution in [0.2, 0.25) is 0 Å². The Bertz CT molecular complexity index is 1390. The summed E-state index contributed by atoms with van der Waals surface area (Å²) in [6.45, 7) is 4.62. The first-order valence-corrected chi connectivity index (χ1v) is 11.4. The number of hydrogen-bond donors (Lipinski definition) is 1. The number of anilines is 2. The zero-order chi connectivity index (χ0) is 21.0. The normalized spacial score (nSPS) is 13.7. The second-order valence-electron chi connectivity index (χ2n) is 8.62. The van der Waals surface area contributed by atoms with Gasteiger partial charge < -0.3 is 5.32 Å². The van der Waals surface area contributed by atoms with Crippen LogP contribution in [0, 0.1) is 0 Å². The van der Waals surface area contributed by atoms with Gasteiger partial charge in [-0.25, -0.2) is 4.98 Å². The lowest BCUT2D eigenvalue weighted by Crippen LogP contribution is -2.14. The predicted octanol–water partition coefficient (Wildman–Crippen LogP) is 8.01. The highest BCUT2D eigenvalue weighted by molar-refractivity contribution is 7.21. The SMILES string of the molecule is CC1(C)c2ccccc2-c2cc(Nc3ccc(-c4nc5ccccc5s4)cc3)ccc21. The molecule has 0 bridgehead atoms. The van der Waals surface area contributed by atoms with E-state index in [1.54, 1.807) is 11.3 Å². The van der Waals surface area contributed by atoms with Crippen LogP contribution in [0.4, 0.5) is 11.4 Å². The van der Waals surface area contributed by atoms with Crippen LogP contribution in [0.25, 0.3) is 31.9 Å². The maximum absolute atomic E-state index is 4.77. The fourth-order valence-electron chi connectivity index (χ4n) is 4.66. The molecule has 0 radical (unpaired) electrons. The average Bonchev–Trinajstić information content (AvgIpc) is 3.32. The molecule has 1 aromatic heterocycles. The van der Waals surface area contributed by atoms with Gasteiger partial charge in [0.1, 0.15) is 5.01 Å². The number of nitrogens with one attached hydrogen (secondary N) is 1. The molecule has 150 valence electrons. The highest BCUT2D eigenvalue weighted by Gasteiger charge is 2.34. The van der Waals surface area contributed by atoms with E-state index >= 15 is 0 Å². The molecule has 31 heavy (non-hydrogen) atoms. The van der Waals surface area contributed by atoms with E-state index < -0.39 is 0 Å². The Morgan fingerprint density at radius 2 is 1.42 bits per heavy atom. The quantitative estimate of drug-likeness (QED) is 0.321. The van der Waals surface area contributed by atoms with Crippen molar-refractivity contribution < 1.29 is 0 Å². The summed E-state index contributed by atoms with van der Waals surface area (Å²) in [6, 6.07) is 32.3. The Morgan fingerprint density at radius 1 is 0.710 bits per heavy atom. The maximum Gasteiger partial charge on any atom is 0.124 e. The van der Waals surface area contributed by atoms with Crippen molar-refractivity contribution >= 4 is 32.9 Å². The van der Waals surface area contributed by atoms with Crippen molar-refractivity contribution in [1.29, 1.82) is 0 Å². The Balaban J connectivity index is 1.30. The molecule has 0 unspecified atom stereocenters. The average molecular weight is 419 g/mol. The molecule has 0 amide bonds. The Kier molecular flexibility index (Phi) is 4.02. The van der Waals surface area contributed by atoms with E-state index in [1.165, 1.54) is 27.0 Å². The zero-order valence-corrected chi connectivity index (χ0v) is 18.3. The molecule has 1 aliphatic rings. The van der Waals surface area contributed by atoms with Gasteiger partial charge in [-0.3, -0.25) is 0 Å². The van der Waals surface area contributed by atoms with Gasteiger partial charge in [-0.1, -0.05) is 56.3 Å². The van der Waals surface area contributed by atoms with Crippen molar-refractivity contribution in [3.05, 3.63) is 102 Å². The van der Waals surface area contributed by atoms with E-state index in [0.29, 0.717) is 0 Å². The molecule has 0 atom stereocenters. The number of nitrogens with zero attached hydrogens (tertiary/aromatic N) is 1. The molecule has 1 aliphatic carbocycles. The Morgan fingerprint density at radius 3 is 2.26 bits per heavy atom. The first-order valence-electron chi connectivity index (χ1n) is 10.6. The monoisotopic (exact) mass is 418 g/mol.